The molecule has 2 aromatic rings. The molecule has 0 radical (unpaired) electrons. The average Bonchev–Trinajstić information content (AvgIpc) is 3.57. The molecule has 12 nitrogen and oxygen atoms in total. The molecule has 0 spiro atoms. The molecule has 16 heteroatoms. The minimum Gasteiger partial charge on any atom is -0.472 e. The van der Waals surface area contributed by atoms with E-state index in [9.17, 15) is 36.0 Å². The van der Waals surface area contributed by atoms with Crippen molar-refractivity contribution in [2.75, 3.05) is 13.7 Å². The predicted octanol–water partition coefficient (Wildman–Crippen LogP) is 4.63. The fraction of sp³-hybridized carbons (Fsp3) is 0.613. The van der Waals surface area contributed by atoms with Crippen LogP contribution in [-0.2, 0) is 35.6 Å². The van der Waals surface area contributed by atoms with Crippen LogP contribution in [-0.4, -0.2) is 79.7 Å². The zero-order valence-corrected chi connectivity index (χ0v) is 27.3. The summed E-state index contributed by atoms with van der Waals surface area (Å²) < 4.78 is 86.8. The van der Waals surface area contributed by atoms with Crippen molar-refractivity contribution < 1.29 is 54.4 Å². The smallest absolute Gasteiger partial charge is 0.472 e. The molecule has 2 amide bonds. The van der Waals surface area contributed by atoms with Crippen LogP contribution in [0.4, 0.5) is 18.0 Å². The van der Waals surface area contributed by atoms with Crippen molar-refractivity contribution in [1.29, 1.82) is 0 Å². The Morgan fingerprint density at radius 2 is 1.79 bits per heavy atom. The number of ether oxygens (including phenoxy) is 3. The number of rotatable bonds is 3. The van der Waals surface area contributed by atoms with Crippen LogP contribution < -0.4 is 14.2 Å². The largest absolute Gasteiger partial charge is 0.534 e. The summed E-state index contributed by atoms with van der Waals surface area (Å²) >= 11 is 0. The SMILES string of the molecule is COC(=O)[C@@H]1C[C@@H]2CN1C(=O)[C@H](C(C)(C)C)NC(=O)O[C@@H]1C[C@H]1CCCCCc1c(nc3ccccc3c1OS(=O)(=O)C(F)(F)F)O2. The first-order chi connectivity index (χ1) is 22.0. The first kappa shape index (κ1) is 34.5. The number of hydrogen-bond donors (Lipinski definition) is 1. The van der Waals surface area contributed by atoms with Crippen LogP contribution >= 0.6 is 0 Å². The molecular weight excluding hydrogens is 647 g/mol. The molecular formula is C31H38F3N3O9S. The highest BCUT2D eigenvalue weighted by Gasteiger charge is 2.50. The van der Waals surface area contributed by atoms with Crippen LogP contribution in [0.2, 0.25) is 0 Å². The summed E-state index contributed by atoms with van der Waals surface area (Å²) in [6, 6.07) is 3.76. The Balaban J connectivity index is 1.58. The maximum Gasteiger partial charge on any atom is 0.534 e. The normalized spacial score (nSPS) is 26.1. The molecule has 1 aliphatic carbocycles. The molecule has 1 aromatic carbocycles. The summed E-state index contributed by atoms with van der Waals surface area (Å²) in [5.74, 6) is -1.92. The summed E-state index contributed by atoms with van der Waals surface area (Å²) in [6.07, 6.45) is 1.14. The Kier molecular flexibility index (Phi) is 9.55. The number of nitrogens with zero attached hydrogens (tertiary/aromatic N) is 2. The molecule has 1 aromatic heterocycles. The highest BCUT2D eigenvalue weighted by atomic mass is 32.2. The van der Waals surface area contributed by atoms with Crippen molar-refractivity contribution in [3.63, 3.8) is 0 Å². The molecule has 5 atom stereocenters. The van der Waals surface area contributed by atoms with E-state index < -0.39 is 62.9 Å². The molecule has 2 fully saturated rings. The van der Waals surface area contributed by atoms with Gasteiger partial charge in [0.05, 0.1) is 24.7 Å². The summed E-state index contributed by atoms with van der Waals surface area (Å²) in [5, 5.41) is 2.73. The van der Waals surface area contributed by atoms with Gasteiger partial charge in [-0.05, 0) is 49.1 Å². The van der Waals surface area contributed by atoms with Crippen molar-refractivity contribution in [2.45, 2.75) is 95.5 Å². The lowest BCUT2D eigenvalue weighted by molar-refractivity contribution is -0.152. The van der Waals surface area contributed by atoms with Crippen LogP contribution in [0, 0.1) is 11.3 Å². The monoisotopic (exact) mass is 685 g/mol. The molecule has 2 bridgehead atoms. The van der Waals surface area contributed by atoms with Crippen molar-refractivity contribution in [1.82, 2.24) is 15.2 Å². The van der Waals surface area contributed by atoms with Crippen LogP contribution in [0.25, 0.3) is 10.9 Å². The lowest BCUT2D eigenvalue weighted by Crippen LogP contribution is -2.57. The van der Waals surface area contributed by atoms with Gasteiger partial charge in [0.2, 0.25) is 11.8 Å². The van der Waals surface area contributed by atoms with Gasteiger partial charge in [-0.25, -0.2) is 14.6 Å². The van der Waals surface area contributed by atoms with Crippen molar-refractivity contribution >= 4 is 39.0 Å². The van der Waals surface area contributed by atoms with Gasteiger partial charge in [-0.15, -0.1) is 0 Å². The van der Waals surface area contributed by atoms with Gasteiger partial charge in [0.15, 0.2) is 5.75 Å². The summed E-state index contributed by atoms with van der Waals surface area (Å²) in [7, 11) is -4.90. The van der Waals surface area contributed by atoms with E-state index in [0.29, 0.717) is 25.7 Å². The van der Waals surface area contributed by atoms with Gasteiger partial charge in [0.25, 0.3) is 0 Å². The van der Waals surface area contributed by atoms with E-state index in [2.05, 4.69) is 10.3 Å². The van der Waals surface area contributed by atoms with Crippen LogP contribution in [0.1, 0.15) is 64.9 Å². The third kappa shape index (κ3) is 7.52. The van der Waals surface area contributed by atoms with Gasteiger partial charge in [-0.2, -0.15) is 21.6 Å². The van der Waals surface area contributed by atoms with Crippen LogP contribution in [0.3, 0.4) is 0 Å². The van der Waals surface area contributed by atoms with Gasteiger partial charge in [-0.3, -0.25) is 4.79 Å². The van der Waals surface area contributed by atoms with Gasteiger partial charge in [0, 0.05) is 11.8 Å². The number of carbonyl (C=O) groups is 3. The number of alkyl halides is 3. The van der Waals surface area contributed by atoms with Crippen LogP contribution in [0.15, 0.2) is 24.3 Å². The topological polar surface area (TPSA) is 150 Å². The first-order valence-corrected chi connectivity index (χ1v) is 16.9. The van der Waals surface area contributed by atoms with E-state index in [-0.39, 0.29) is 53.8 Å². The molecule has 2 aliphatic heterocycles. The molecule has 1 N–H and O–H groups in total. The zero-order chi connectivity index (χ0) is 34.3. The average molecular weight is 686 g/mol. The van der Waals surface area contributed by atoms with E-state index >= 15 is 0 Å². The molecule has 5 rings (SSSR count). The molecule has 1 saturated carbocycles. The number of nitrogens with one attached hydrogen (secondary N) is 1. The lowest BCUT2D eigenvalue weighted by atomic mass is 9.85. The van der Waals surface area contributed by atoms with Gasteiger partial charge in [0.1, 0.15) is 24.3 Å². The Morgan fingerprint density at radius 3 is 2.47 bits per heavy atom. The predicted molar refractivity (Wildman–Crippen MR) is 161 cm³/mol. The van der Waals surface area contributed by atoms with E-state index in [1.165, 1.54) is 23.1 Å². The number of halogens is 3. The van der Waals surface area contributed by atoms with Gasteiger partial charge >= 0.3 is 27.7 Å². The maximum absolute atomic E-state index is 14.0. The standard InChI is InChI=1S/C31H38F3N3O9S/c1-30(2,3)25-27(38)37-16-18(15-22(37)28(39)43-4)44-26-20(12-7-5-6-10-17-14-23(17)45-29(40)36-25)24(46-47(41,42)31(32,33)34)19-11-8-9-13-21(19)35-26/h8-9,11,13,17-18,22-23,25H,5-7,10,12,14-16H2,1-4H3,(H,36,40)/t17-,18-,22+,23-,25-/m1/s1. The number of pyridine rings is 1. The molecule has 0 unspecified atom stereocenters. The highest BCUT2D eigenvalue weighted by molar-refractivity contribution is 7.88. The minimum absolute atomic E-state index is 0.0181. The third-order valence-electron chi connectivity index (χ3n) is 8.67. The van der Waals surface area contributed by atoms with E-state index in [1.54, 1.807) is 26.8 Å². The second kappa shape index (κ2) is 13.0. The van der Waals surface area contributed by atoms with Crippen molar-refractivity contribution in [3.8, 4) is 11.6 Å². The number of fused-ring (bicyclic) bond motifs is 5. The zero-order valence-electron chi connectivity index (χ0n) is 26.5. The molecule has 3 aliphatic rings. The minimum atomic E-state index is -6.07. The number of carbonyl (C=O) groups excluding carboxylic acids is 3. The van der Waals surface area contributed by atoms with E-state index in [4.69, 9.17) is 18.4 Å². The summed E-state index contributed by atoms with van der Waals surface area (Å²) in [4.78, 5) is 45.6. The number of hydrogen-bond acceptors (Lipinski definition) is 10. The number of methoxy groups -OCH3 is 1. The van der Waals surface area contributed by atoms with Crippen molar-refractivity contribution in [2.24, 2.45) is 11.3 Å². The molecule has 3 heterocycles. The number of benzene rings is 1. The van der Waals surface area contributed by atoms with E-state index in [0.717, 1.165) is 13.5 Å². The fourth-order valence-corrected chi connectivity index (χ4v) is 6.57. The third-order valence-corrected chi connectivity index (χ3v) is 9.62. The van der Waals surface area contributed by atoms with Crippen LogP contribution in [0.5, 0.6) is 11.6 Å². The quantitative estimate of drug-likeness (QED) is 0.275. The number of amides is 2. The highest BCUT2D eigenvalue weighted by Crippen LogP contribution is 2.42. The number of para-hydroxylation sites is 1. The Labute approximate surface area is 270 Å². The van der Waals surface area contributed by atoms with Gasteiger partial charge < -0.3 is 28.6 Å². The number of esters is 1. The maximum atomic E-state index is 14.0. The molecule has 258 valence electrons. The Bertz CT molecular complexity index is 1640. The fourth-order valence-electron chi connectivity index (χ4n) is 6.07. The summed E-state index contributed by atoms with van der Waals surface area (Å²) in [5.41, 5.74) is -6.36. The Morgan fingerprint density at radius 1 is 1.06 bits per heavy atom. The number of aromatic nitrogens is 1. The summed E-state index contributed by atoms with van der Waals surface area (Å²) in [6.45, 7) is 5.08. The second-order valence-electron chi connectivity index (χ2n) is 13.2. The second-order valence-corrected chi connectivity index (χ2v) is 14.8. The molecule has 1 saturated heterocycles. The van der Waals surface area contributed by atoms with E-state index in [1.807, 2.05) is 0 Å². The number of alkyl carbamates (subject to hydrolysis) is 1. The van der Waals surface area contributed by atoms with Gasteiger partial charge in [-0.1, -0.05) is 45.7 Å². The van der Waals surface area contributed by atoms with Crippen molar-refractivity contribution in [3.05, 3.63) is 29.8 Å². The Hall–Kier alpha value is -3.82. The molecule has 47 heavy (non-hydrogen) atoms. The lowest BCUT2D eigenvalue weighted by Gasteiger charge is -2.34. The first-order valence-electron chi connectivity index (χ1n) is 15.4.